The number of benzene rings is 1. The number of amides is 3. The van der Waals surface area contributed by atoms with Crippen molar-refractivity contribution in [1.82, 2.24) is 10.9 Å². The molecule has 0 aliphatic rings. The molecule has 0 aromatic heterocycles. The van der Waals surface area contributed by atoms with Gasteiger partial charge in [-0.25, -0.2) is 4.79 Å². The molecule has 6 nitrogen and oxygen atoms in total. The summed E-state index contributed by atoms with van der Waals surface area (Å²) in [6, 6.07) is 6.31. The van der Waals surface area contributed by atoms with E-state index >= 15 is 0 Å². The Balaban J connectivity index is 2.73. The molecule has 0 aliphatic carbocycles. The van der Waals surface area contributed by atoms with E-state index in [1.54, 1.807) is 24.3 Å². The van der Waals surface area contributed by atoms with Crippen LogP contribution in [0.25, 0.3) is 5.70 Å². The Kier molecular flexibility index (Phi) is 4.10. The van der Waals surface area contributed by atoms with Crippen LogP contribution in [0.4, 0.5) is 10.5 Å². The molecular weight excluding hydrogens is 220 g/mol. The summed E-state index contributed by atoms with van der Waals surface area (Å²) >= 11 is 0. The van der Waals surface area contributed by atoms with Crippen molar-refractivity contribution in [2.45, 2.75) is 6.92 Å². The van der Waals surface area contributed by atoms with E-state index in [0.717, 1.165) is 5.56 Å². The lowest BCUT2D eigenvalue weighted by Gasteiger charge is -2.10. The molecule has 17 heavy (non-hydrogen) atoms. The van der Waals surface area contributed by atoms with E-state index in [4.69, 9.17) is 5.73 Å². The number of carbonyl (C=O) groups is 2. The molecule has 0 unspecified atom stereocenters. The number of hydrogen-bond acceptors (Lipinski definition) is 3. The SMILES string of the molecule is C=C(NNC(N)=O)c1cccc(NC(C)=O)c1. The van der Waals surface area contributed by atoms with Crippen LogP contribution >= 0.6 is 0 Å². The molecule has 1 aromatic rings. The smallest absolute Gasteiger partial charge is 0.330 e. The molecule has 0 aliphatic heterocycles. The summed E-state index contributed by atoms with van der Waals surface area (Å²) in [5.41, 5.74) is 11.5. The number of hydrazine groups is 1. The van der Waals surface area contributed by atoms with E-state index in [-0.39, 0.29) is 5.91 Å². The Morgan fingerprint density at radius 3 is 2.59 bits per heavy atom. The third-order valence-electron chi connectivity index (χ3n) is 1.87. The highest BCUT2D eigenvalue weighted by Crippen LogP contribution is 2.15. The lowest BCUT2D eigenvalue weighted by Crippen LogP contribution is -2.39. The molecule has 3 amide bonds. The Morgan fingerprint density at radius 1 is 1.29 bits per heavy atom. The summed E-state index contributed by atoms with van der Waals surface area (Å²) in [6.07, 6.45) is 0. The highest BCUT2D eigenvalue weighted by molar-refractivity contribution is 5.89. The molecule has 0 saturated carbocycles. The Morgan fingerprint density at radius 2 is 2.00 bits per heavy atom. The van der Waals surface area contributed by atoms with Gasteiger partial charge < -0.3 is 11.1 Å². The van der Waals surface area contributed by atoms with Crippen LogP contribution in [0.3, 0.4) is 0 Å². The van der Waals surface area contributed by atoms with Crippen LogP contribution in [0.2, 0.25) is 0 Å². The molecule has 0 bridgehead atoms. The van der Waals surface area contributed by atoms with Crippen molar-refractivity contribution in [1.29, 1.82) is 0 Å². The second-order valence-electron chi connectivity index (χ2n) is 3.35. The second-order valence-corrected chi connectivity index (χ2v) is 3.35. The van der Waals surface area contributed by atoms with Crippen molar-refractivity contribution in [3.63, 3.8) is 0 Å². The number of primary amides is 1. The molecule has 0 fully saturated rings. The fraction of sp³-hybridized carbons (Fsp3) is 0.0909. The molecule has 1 rings (SSSR count). The first kappa shape index (κ1) is 12.6. The van der Waals surface area contributed by atoms with E-state index in [0.29, 0.717) is 11.4 Å². The van der Waals surface area contributed by atoms with E-state index in [9.17, 15) is 9.59 Å². The average Bonchev–Trinajstić information content (AvgIpc) is 2.25. The van der Waals surface area contributed by atoms with Gasteiger partial charge in [-0.1, -0.05) is 18.7 Å². The van der Waals surface area contributed by atoms with E-state index < -0.39 is 6.03 Å². The predicted molar refractivity (Wildman–Crippen MR) is 65.6 cm³/mol. The quantitative estimate of drug-likeness (QED) is 0.580. The minimum Gasteiger partial charge on any atom is -0.350 e. The number of rotatable bonds is 4. The summed E-state index contributed by atoms with van der Waals surface area (Å²) in [7, 11) is 0. The molecule has 0 spiro atoms. The van der Waals surface area contributed by atoms with Gasteiger partial charge in [0, 0.05) is 18.2 Å². The van der Waals surface area contributed by atoms with Crippen molar-refractivity contribution >= 4 is 23.3 Å². The number of carbonyl (C=O) groups excluding carboxylic acids is 2. The molecular formula is C11H14N4O2. The lowest BCUT2D eigenvalue weighted by molar-refractivity contribution is -0.114. The maximum absolute atomic E-state index is 10.9. The van der Waals surface area contributed by atoms with Gasteiger partial charge in [-0.05, 0) is 12.1 Å². The van der Waals surface area contributed by atoms with Crippen LogP contribution in [0.5, 0.6) is 0 Å². The predicted octanol–water partition coefficient (Wildman–Crippen LogP) is 0.789. The minimum atomic E-state index is -0.704. The van der Waals surface area contributed by atoms with Gasteiger partial charge in [0.1, 0.15) is 0 Å². The highest BCUT2D eigenvalue weighted by atomic mass is 16.2. The number of nitrogens with two attached hydrogens (primary N) is 1. The van der Waals surface area contributed by atoms with E-state index in [1.807, 2.05) is 0 Å². The van der Waals surface area contributed by atoms with Gasteiger partial charge in [0.05, 0.1) is 5.70 Å². The molecule has 0 heterocycles. The molecule has 6 heteroatoms. The topological polar surface area (TPSA) is 96.2 Å². The zero-order valence-electron chi connectivity index (χ0n) is 9.41. The number of hydrogen-bond donors (Lipinski definition) is 4. The first-order valence-corrected chi connectivity index (χ1v) is 4.87. The Labute approximate surface area is 98.8 Å². The third-order valence-corrected chi connectivity index (χ3v) is 1.87. The highest BCUT2D eigenvalue weighted by Gasteiger charge is 2.01. The van der Waals surface area contributed by atoms with Gasteiger partial charge in [0.2, 0.25) is 5.91 Å². The van der Waals surface area contributed by atoms with Crippen molar-refractivity contribution in [2.24, 2.45) is 5.73 Å². The van der Waals surface area contributed by atoms with Crippen molar-refractivity contribution in [3.8, 4) is 0 Å². The number of urea groups is 1. The standard InChI is InChI=1S/C11H14N4O2/c1-7(14-15-11(12)17)9-4-3-5-10(6-9)13-8(2)16/h3-6,14H,1H2,2H3,(H,13,16)(H3,12,15,17). The van der Waals surface area contributed by atoms with Crippen LogP contribution in [0.1, 0.15) is 12.5 Å². The van der Waals surface area contributed by atoms with Gasteiger partial charge in [-0.2, -0.15) is 0 Å². The summed E-state index contributed by atoms with van der Waals surface area (Å²) in [5.74, 6) is -0.156. The maximum Gasteiger partial charge on any atom is 0.330 e. The molecule has 90 valence electrons. The second kappa shape index (κ2) is 5.55. The molecule has 1 aromatic carbocycles. The summed E-state index contributed by atoms with van der Waals surface area (Å²) in [5, 5.41) is 2.65. The summed E-state index contributed by atoms with van der Waals surface area (Å²) < 4.78 is 0. The van der Waals surface area contributed by atoms with Crippen molar-refractivity contribution in [2.75, 3.05) is 5.32 Å². The van der Waals surface area contributed by atoms with E-state index in [2.05, 4.69) is 22.7 Å². The number of anilines is 1. The average molecular weight is 234 g/mol. The maximum atomic E-state index is 10.9. The molecule has 0 atom stereocenters. The largest absolute Gasteiger partial charge is 0.350 e. The zero-order chi connectivity index (χ0) is 12.8. The molecule has 0 saturated heterocycles. The van der Waals surface area contributed by atoms with Crippen molar-refractivity contribution < 1.29 is 9.59 Å². The van der Waals surface area contributed by atoms with Crippen LogP contribution in [-0.2, 0) is 4.79 Å². The first-order chi connectivity index (χ1) is 7.99. The van der Waals surface area contributed by atoms with Gasteiger partial charge >= 0.3 is 6.03 Å². The normalized spacial score (nSPS) is 9.24. The third kappa shape index (κ3) is 4.25. The van der Waals surface area contributed by atoms with Gasteiger partial charge in [0.25, 0.3) is 0 Å². The zero-order valence-corrected chi connectivity index (χ0v) is 9.41. The van der Waals surface area contributed by atoms with Gasteiger partial charge in [0.15, 0.2) is 0 Å². The van der Waals surface area contributed by atoms with Gasteiger partial charge in [-0.15, -0.1) is 0 Å². The molecule has 5 N–H and O–H groups in total. The van der Waals surface area contributed by atoms with Crippen LogP contribution in [0, 0.1) is 0 Å². The Hall–Kier alpha value is -2.50. The lowest BCUT2D eigenvalue weighted by atomic mass is 10.1. The molecule has 0 radical (unpaired) electrons. The Bertz CT molecular complexity index is 457. The summed E-state index contributed by atoms with van der Waals surface area (Å²) in [4.78, 5) is 21.4. The first-order valence-electron chi connectivity index (χ1n) is 4.87. The monoisotopic (exact) mass is 234 g/mol. The fourth-order valence-corrected chi connectivity index (χ4v) is 1.20. The number of nitrogens with one attached hydrogen (secondary N) is 3. The fourth-order valence-electron chi connectivity index (χ4n) is 1.20. The van der Waals surface area contributed by atoms with Crippen molar-refractivity contribution in [3.05, 3.63) is 36.4 Å². The van der Waals surface area contributed by atoms with E-state index in [1.165, 1.54) is 6.92 Å². The summed E-state index contributed by atoms with van der Waals surface area (Å²) in [6.45, 7) is 5.15. The van der Waals surface area contributed by atoms with Crippen LogP contribution in [0.15, 0.2) is 30.8 Å². The minimum absolute atomic E-state index is 0.156. The van der Waals surface area contributed by atoms with Crippen LogP contribution < -0.4 is 21.9 Å². The van der Waals surface area contributed by atoms with Gasteiger partial charge in [-0.3, -0.25) is 15.6 Å². The van der Waals surface area contributed by atoms with Crippen LogP contribution in [-0.4, -0.2) is 11.9 Å².